The molecule has 6 nitrogen and oxygen atoms in total. The number of nitrogens with one attached hydrogen (secondary N) is 1. The van der Waals surface area contributed by atoms with Gasteiger partial charge in [0.2, 0.25) is 5.91 Å². The van der Waals surface area contributed by atoms with Gasteiger partial charge in [0, 0.05) is 12.2 Å². The number of aryl methyl sites for hydroxylation is 4. The van der Waals surface area contributed by atoms with Crippen molar-refractivity contribution in [1.82, 2.24) is 14.8 Å². The monoisotopic (exact) mass is 466 g/mol. The topological polar surface area (TPSA) is 69.0 Å². The molecule has 176 valence electrons. The lowest BCUT2D eigenvalue weighted by Gasteiger charge is -2.16. The number of para-hydroxylation sites is 1. The van der Waals surface area contributed by atoms with Crippen molar-refractivity contribution in [1.29, 1.82) is 0 Å². The fraction of sp³-hybridized carbons (Fsp3) is 0.423. The third-order valence-corrected chi connectivity index (χ3v) is 6.78. The number of carbonyl (C=O) groups excluding carboxylic acids is 1. The van der Waals surface area contributed by atoms with Crippen LogP contribution in [0.5, 0.6) is 5.75 Å². The van der Waals surface area contributed by atoms with E-state index in [1.54, 1.807) is 0 Å². The molecular formula is C26H34N4O2S. The predicted octanol–water partition coefficient (Wildman–Crippen LogP) is 5.91. The predicted molar refractivity (Wildman–Crippen MR) is 135 cm³/mol. The SMILES string of the molecule is CCc1cccc(CC)c1NC(=O)CSc1nnc(C(C)Oc2ccc(C)c(C)c2)n1CC. The first kappa shape index (κ1) is 24.8. The van der Waals surface area contributed by atoms with Crippen LogP contribution in [-0.2, 0) is 24.2 Å². The first-order valence-electron chi connectivity index (χ1n) is 11.6. The van der Waals surface area contributed by atoms with Gasteiger partial charge in [0.05, 0.1) is 5.75 Å². The maximum atomic E-state index is 12.7. The number of anilines is 1. The van der Waals surface area contributed by atoms with Crippen molar-refractivity contribution in [3.63, 3.8) is 0 Å². The summed E-state index contributed by atoms with van der Waals surface area (Å²) < 4.78 is 8.15. The Labute approximate surface area is 201 Å². The van der Waals surface area contributed by atoms with Gasteiger partial charge in [-0.2, -0.15) is 0 Å². The molecular weight excluding hydrogens is 432 g/mol. The van der Waals surface area contributed by atoms with E-state index in [2.05, 4.69) is 67.5 Å². The van der Waals surface area contributed by atoms with Gasteiger partial charge in [-0.15, -0.1) is 10.2 Å². The molecule has 0 radical (unpaired) electrons. The summed E-state index contributed by atoms with van der Waals surface area (Å²) in [7, 11) is 0. The number of carbonyl (C=O) groups is 1. The number of hydrogen-bond acceptors (Lipinski definition) is 5. The molecule has 7 heteroatoms. The van der Waals surface area contributed by atoms with Crippen LogP contribution in [-0.4, -0.2) is 26.4 Å². The standard InChI is InChI=1S/C26H34N4O2S/c1-7-20-11-10-12-21(8-2)24(20)27-23(31)16-33-26-29-28-25(30(26)9-3)19(6)32-22-14-13-17(4)18(5)15-22/h10-15,19H,7-9,16H2,1-6H3,(H,27,31). The molecule has 1 unspecified atom stereocenters. The molecule has 1 atom stereocenters. The summed E-state index contributed by atoms with van der Waals surface area (Å²) >= 11 is 1.40. The third-order valence-electron chi connectivity index (χ3n) is 5.81. The maximum absolute atomic E-state index is 12.7. The van der Waals surface area contributed by atoms with Crippen LogP contribution < -0.4 is 10.1 Å². The Morgan fingerprint density at radius 2 is 1.76 bits per heavy atom. The van der Waals surface area contributed by atoms with Gasteiger partial charge in [0.1, 0.15) is 5.75 Å². The van der Waals surface area contributed by atoms with Crippen molar-refractivity contribution in [2.75, 3.05) is 11.1 Å². The molecule has 0 aliphatic rings. The molecule has 0 spiro atoms. The van der Waals surface area contributed by atoms with Crippen molar-refractivity contribution < 1.29 is 9.53 Å². The number of amides is 1. The number of rotatable bonds is 10. The average Bonchev–Trinajstić information content (AvgIpc) is 3.23. The van der Waals surface area contributed by atoms with Crippen LogP contribution >= 0.6 is 11.8 Å². The van der Waals surface area contributed by atoms with Gasteiger partial charge < -0.3 is 14.6 Å². The number of thioether (sulfide) groups is 1. The smallest absolute Gasteiger partial charge is 0.234 e. The Morgan fingerprint density at radius 1 is 1.06 bits per heavy atom. The zero-order valence-corrected chi connectivity index (χ0v) is 21.3. The highest BCUT2D eigenvalue weighted by Crippen LogP contribution is 2.27. The molecule has 1 aromatic heterocycles. The molecule has 1 heterocycles. The van der Waals surface area contributed by atoms with E-state index in [9.17, 15) is 4.79 Å². The fourth-order valence-electron chi connectivity index (χ4n) is 3.76. The molecule has 33 heavy (non-hydrogen) atoms. The summed E-state index contributed by atoms with van der Waals surface area (Å²) in [4.78, 5) is 12.7. The largest absolute Gasteiger partial charge is 0.483 e. The van der Waals surface area contributed by atoms with Crippen molar-refractivity contribution in [3.05, 3.63) is 64.5 Å². The van der Waals surface area contributed by atoms with E-state index >= 15 is 0 Å². The van der Waals surface area contributed by atoms with Crippen LogP contribution in [0.4, 0.5) is 5.69 Å². The Morgan fingerprint density at radius 3 is 2.36 bits per heavy atom. The normalized spacial score (nSPS) is 11.9. The number of hydrogen-bond donors (Lipinski definition) is 1. The summed E-state index contributed by atoms with van der Waals surface area (Å²) in [6, 6.07) is 12.3. The third kappa shape index (κ3) is 5.96. The second kappa shape index (κ2) is 11.4. The minimum absolute atomic E-state index is 0.0396. The first-order chi connectivity index (χ1) is 15.9. The molecule has 0 fully saturated rings. The lowest BCUT2D eigenvalue weighted by Crippen LogP contribution is -2.17. The van der Waals surface area contributed by atoms with E-state index in [0.717, 1.165) is 46.4 Å². The Bertz CT molecular complexity index is 1090. The van der Waals surface area contributed by atoms with Crippen LogP contribution in [0.25, 0.3) is 0 Å². The zero-order chi connectivity index (χ0) is 24.0. The van der Waals surface area contributed by atoms with E-state index in [1.807, 2.05) is 30.5 Å². The van der Waals surface area contributed by atoms with Gasteiger partial charge in [-0.3, -0.25) is 4.79 Å². The summed E-state index contributed by atoms with van der Waals surface area (Å²) in [5.74, 6) is 1.79. The lowest BCUT2D eigenvalue weighted by atomic mass is 10.0. The maximum Gasteiger partial charge on any atom is 0.234 e. The van der Waals surface area contributed by atoms with E-state index in [0.29, 0.717) is 6.54 Å². The Kier molecular flexibility index (Phi) is 8.55. The van der Waals surface area contributed by atoms with Gasteiger partial charge in [-0.05, 0) is 74.9 Å². The van der Waals surface area contributed by atoms with Crippen molar-refractivity contribution in [2.24, 2.45) is 0 Å². The number of nitrogens with zero attached hydrogens (tertiary/aromatic N) is 3. The number of benzene rings is 2. The van der Waals surface area contributed by atoms with E-state index in [1.165, 1.54) is 22.9 Å². The van der Waals surface area contributed by atoms with Crippen molar-refractivity contribution >= 4 is 23.4 Å². The highest BCUT2D eigenvalue weighted by atomic mass is 32.2. The van der Waals surface area contributed by atoms with Gasteiger partial charge in [0.25, 0.3) is 0 Å². The zero-order valence-electron chi connectivity index (χ0n) is 20.4. The van der Waals surface area contributed by atoms with Crippen LogP contribution in [0.2, 0.25) is 0 Å². The van der Waals surface area contributed by atoms with E-state index in [-0.39, 0.29) is 17.8 Å². The van der Waals surface area contributed by atoms with Crippen LogP contribution in [0.3, 0.4) is 0 Å². The average molecular weight is 467 g/mol. The summed E-state index contributed by atoms with van der Waals surface area (Å²) in [5, 5.41) is 12.6. The van der Waals surface area contributed by atoms with Gasteiger partial charge in [-0.1, -0.05) is 49.9 Å². The summed E-state index contributed by atoms with van der Waals surface area (Å²) in [5.41, 5.74) is 5.68. The molecule has 3 aromatic rings. The summed E-state index contributed by atoms with van der Waals surface area (Å²) in [6.45, 7) is 13.1. The van der Waals surface area contributed by atoms with Crippen molar-refractivity contribution in [2.45, 2.75) is 72.2 Å². The second-order valence-corrected chi connectivity index (χ2v) is 9.03. The second-order valence-electron chi connectivity index (χ2n) is 8.09. The van der Waals surface area contributed by atoms with E-state index < -0.39 is 0 Å². The molecule has 0 saturated heterocycles. The van der Waals surface area contributed by atoms with Crippen LogP contribution in [0.15, 0.2) is 41.6 Å². The molecule has 0 bridgehead atoms. The van der Waals surface area contributed by atoms with Crippen molar-refractivity contribution in [3.8, 4) is 5.75 Å². The molecule has 0 saturated carbocycles. The Hall–Kier alpha value is -2.80. The lowest BCUT2D eigenvalue weighted by molar-refractivity contribution is -0.113. The minimum Gasteiger partial charge on any atom is -0.483 e. The fourth-order valence-corrected chi connectivity index (χ4v) is 4.57. The molecule has 0 aliphatic carbocycles. The first-order valence-corrected chi connectivity index (χ1v) is 12.6. The van der Waals surface area contributed by atoms with E-state index in [4.69, 9.17) is 4.74 Å². The molecule has 3 rings (SSSR count). The molecule has 1 amide bonds. The molecule has 0 aliphatic heterocycles. The molecule has 2 aromatic carbocycles. The number of ether oxygens (including phenoxy) is 1. The Balaban J connectivity index is 1.68. The quantitative estimate of drug-likeness (QED) is 0.376. The molecule has 1 N–H and O–H groups in total. The van der Waals surface area contributed by atoms with Gasteiger partial charge in [0.15, 0.2) is 17.1 Å². The van der Waals surface area contributed by atoms with Crippen LogP contribution in [0, 0.1) is 13.8 Å². The van der Waals surface area contributed by atoms with Gasteiger partial charge >= 0.3 is 0 Å². The van der Waals surface area contributed by atoms with Crippen LogP contribution in [0.1, 0.15) is 61.9 Å². The highest BCUT2D eigenvalue weighted by molar-refractivity contribution is 7.99. The minimum atomic E-state index is -0.258. The summed E-state index contributed by atoms with van der Waals surface area (Å²) in [6.07, 6.45) is 1.50. The number of aromatic nitrogens is 3. The highest BCUT2D eigenvalue weighted by Gasteiger charge is 2.20. The van der Waals surface area contributed by atoms with Gasteiger partial charge in [-0.25, -0.2) is 0 Å².